The van der Waals surface area contributed by atoms with Crippen molar-refractivity contribution in [2.45, 2.75) is 26.7 Å². The average molecular weight is 274 g/mol. The summed E-state index contributed by atoms with van der Waals surface area (Å²) in [5.74, 6) is -0.177. The molecule has 2 N–H and O–H groups in total. The largest absolute Gasteiger partial charge is 0.466 e. The van der Waals surface area contributed by atoms with Crippen LogP contribution in [0.2, 0.25) is 0 Å². The number of fused-ring (bicyclic) bond motifs is 1. The minimum Gasteiger partial charge on any atom is -0.466 e. The van der Waals surface area contributed by atoms with E-state index in [2.05, 4.69) is 23.3 Å². The van der Waals surface area contributed by atoms with Crippen LogP contribution in [0.1, 0.15) is 25.1 Å². The zero-order valence-corrected chi connectivity index (χ0v) is 12.2. The Morgan fingerprint density at radius 2 is 2.10 bits per heavy atom. The van der Waals surface area contributed by atoms with E-state index < -0.39 is 0 Å². The number of carbonyl (C=O) groups excluding carboxylic acids is 1. The summed E-state index contributed by atoms with van der Waals surface area (Å²) in [5.41, 5.74) is 3.27. The molecule has 0 aliphatic rings. The lowest BCUT2D eigenvalue weighted by molar-refractivity contribution is -0.142. The monoisotopic (exact) mass is 274 g/mol. The Labute approximate surface area is 119 Å². The van der Waals surface area contributed by atoms with Crippen molar-refractivity contribution in [2.24, 2.45) is 0 Å². The van der Waals surface area contributed by atoms with Gasteiger partial charge in [-0.2, -0.15) is 0 Å². The summed E-state index contributed by atoms with van der Waals surface area (Å²) < 4.78 is 5.05. The molecule has 0 aliphatic carbocycles. The molecule has 1 heterocycles. The van der Waals surface area contributed by atoms with E-state index in [1.807, 2.05) is 25.1 Å². The number of hydrogen-bond donors (Lipinski definition) is 2. The van der Waals surface area contributed by atoms with Crippen molar-refractivity contribution in [1.82, 2.24) is 10.3 Å². The first-order chi connectivity index (χ1) is 9.76. The fourth-order valence-electron chi connectivity index (χ4n) is 2.44. The molecular formula is C16H22N2O2. The van der Waals surface area contributed by atoms with Crippen LogP contribution in [0.3, 0.4) is 0 Å². The third kappa shape index (κ3) is 3.39. The molecule has 2 rings (SSSR count). The highest BCUT2D eigenvalue weighted by Gasteiger charge is 2.14. The molecule has 0 unspecified atom stereocenters. The Hall–Kier alpha value is -1.81. The first-order valence-corrected chi connectivity index (χ1v) is 7.21. The van der Waals surface area contributed by atoms with E-state index in [1.165, 1.54) is 10.9 Å². The van der Waals surface area contributed by atoms with Gasteiger partial charge in [-0.05, 0) is 38.1 Å². The lowest BCUT2D eigenvalue weighted by Crippen LogP contribution is -2.17. The predicted molar refractivity (Wildman–Crippen MR) is 80.9 cm³/mol. The summed E-state index contributed by atoms with van der Waals surface area (Å²) in [6.45, 7) is 6.21. The zero-order valence-electron chi connectivity index (χ0n) is 12.2. The summed E-state index contributed by atoms with van der Waals surface area (Å²) in [6.07, 6.45) is 1.22. The van der Waals surface area contributed by atoms with Gasteiger partial charge in [0.1, 0.15) is 0 Å². The second kappa shape index (κ2) is 7.10. The zero-order chi connectivity index (χ0) is 14.4. The second-order valence-electron chi connectivity index (χ2n) is 4.71. The molecule has 0 amide bonds. The number of ether oxygens (including phenoxy) is 1. The molecule has 0 bridgehead atoms. The van der Waals surface area contributed by atoms with Gasteiger partial charge in [0.05, 0.1) is 13.0 Å². The van der Waals surface area contributed by atoms with E-state index in [0.29, 0.717) is 13.0 Å². The minimum atomic E-state index is -0.177. The molecule has 0 saturated carbocycles. The summed E-state index contributed by atoms with van der Waals surface area (Å²) in [4.78, 5) is 15.1. The number of esters is 1. The number of para-hydroxylation sites is 1. The molecule has 108 valence electrons. The molecule has 1 aromatic carbocycles. The molecule has 0 spiro atoms. The van der Waals surface area contributed by atoms with E-state index in [9.17, 15) is 4.79 Å². The summed E-state index contributed by atoms with van der Waals surface area (Å²) in [6, 6.07) is 8.17. The normalized spacial score (nSPS) is 10.9. The maximum absolute atomic E-state index is 11.7. The topological polar surface area (TPSA) is 54.1 Å². The van der Waals surface area contributed by atoms with Crippen molar-refractivity contribution in [3.05, 3.63) is 35.5 Å². The Balaban J connectivity index is 2.26. The number of H-pyrrole nitrogens is 1. The van der Waals surface area contributed by atoms with Crippen molar-refractivity contribution in [3.63, 3.8) is 0 Å². The van der Waals surface area contributed by atoms with Gasteiger partial charge in [-0.25, -0.2) is 0 Å². The van der Waals surface area contributed by atoms with Crippen molar-refractivity contribution in [1.29, 1.82) is 0 Å². The highest BCUT2D eigenvalue weighted by Crippen LogP contribution is 2.23. The number of rotatable bonds is 7. The molecule has 4 heteroatoms. The fourth-order valence-corrected chi connectivity index (χ4v) is 2.44. The van der Waals surface area contributed by atoms with E-state index in [4.69, 9.17) is 4.74 Å². The molecule has 0 saturated heterocycles. The average Bonchev–Trinajstić information content (AvgIpc) is 2.77. The quantitative estimate of drug-likeness (QED) is 0.602. The van der Waals surface area contributed by atoms with Crippen LogP contribution in [-0.2, 0) is 22.4 Å². The molecule has 2 aromatic rings. The van der Waals surface area contributed by atoms with Crippen LogP contribution in [0.25, 0.3) is 10.9 Å². The number of hydrogen-bond acceptors (Lipinski definition) is 3. The Morgan fingerprint density at radius 1 is 1.30 bits per heavy atom. The van der Waals surface area contributed by atoms with E-state index in [1.54, 1.807) is 0 Å². The standard InChI is InChI=1S/C16H22N2O2/c1-3-17-10-9-13-12-7-5-6-8-14(12)18-15(13)11-16(19)20-4-2/h5-8,17-18H,3-4,9-11H2,1-2H3. The highest BCUT2D eigenvalue weighted by molar-refractivity contribution is 5.86. The molecule has 0 radical (unpaired) electrons. The third-order valence-corrected chi connectivity index (χ3v) is 3.33. The smallest absolute Gasteiger partial charge is 0.311 e. The maximum atomic E-state index is 11.7. The van der Waals surface area contributed by atoms with Crippen LogP contribution in [0.4, 0.5) is 0 Å². The number of aromatic nitrogens is 1. The van der Waals surface area contributed by atoms with Gasteiger partial charge in [0.15, 0.2) is 0 Å². The molecule has 20 heavy (non-hydrogen) atoms. The van der Waals surface area contributed by atoms with Crippen molar-refractivity contribution in [3.8, 4) is 0 Å². The van der Waals surface area contributed by atoms with Crippen LogP contribution in [-0.4, -0.2) is 30.6 Å². The third-order valence-electron chi connectivity index (χ3n) is 3.33. The summed E-state index contributed by atoms with van der Waals surface area (Å²) in [7, 11) is 0. The van der Waals surface area contributed by atoms with Crippen LogP contribution < -0.4 is 5.32 Å². The minimum absolute atomic E-state index is 0.177. The number of likely N-dealkylation sites (N-methyl/N-ethyl adjacent to an activating group) is 1. The van der Waals surface area contributed by atoms with Gasteiger partial charge >= 0.3 is 5.97 Å². The summed E-state index contributed by atoms with van der Waals surface area (Å²) >= 11 is 0. The molecular weight excluding hydrogens is 252 g/mol. The summed E-state index contributed by atoms with van der Waals surface area (Å²) in [5, 5.41) is 4.53. The first kappa shape index (κ1) is 14.6. The van der Waals surface area contributed by atoms with Crippen molar-refractivity contribution >= 4 is 16.9 Å². The van der Waals surface area contributed by atoms with Gasteiger partial charge in [0, 0.05) is 16.6 Å². The van der Waals surface area contributed by atoms with E-state index >= 15 is 0 Å². The van der Waals surface area contributed by atoms with Gasteiger partial charge < -0.3 is 15.0 Å². The Morgan fingerprint density at radius 3 is 2.85 bits per heavy atom. The molecule has 1 aromatic heterocycles. The van der Waals surface area contributed by atoms with Gasteiger partial charge in [0.2, 0.25) is 0 Å². The number of nitrogens with one attached hydrogen (secondary N) is 2. The van der Waals surface area contributed by atoms with Crippen LogP contribution >= 0.6 is 0 Å². The Bertz CT molecular complexity index is 575. The van der Waals surface area contributed by atoms with Crippen molar-refractivity contribution < 1.29 is 9.53 Å². The maximum Gasteiger partial charge on any atom is 0.311 e. The lowest BCUT2D eigenvalue weighted by Gasteiger charge is -2.05. The number of aromatic amines is 1. The first-order valence-electron chi connectivity index (χ1n) is 7.21. The second-order valence-corrected chi connectivity index (χ2v) is 4.71. The molecule has 0 aliphatic heterocycles. The van der Waals surface area contributed by atoms with E-state index in [-0.39, 0.29) is 5.97 Å². The van der Waals surface area contributed by atoms with Crippen LogP contribution in [0, 0.1) is 0 Å². The molecule has 4 nitrogen and oxygen atoms in total. The van der Waals surface area contributed by atoms with Gasteiger partial charge in [-0.1, -0.05) is 25.1 Å². The van der Waals surface area contributed by atoms with Crippen LogP contribution in [0.15, 0.2) is 24.3 Å². The fraction of sp³-hybridized carbons (Fsp3) is 0.438. The lowest BCUT2D eigenvalue weighted by atomic mass is 10.1. The van der Waals surface area contributed by atoms with E-state index in [0.717, 1.165) is 30.7 Å². The van der Waals surface area contributed by atoms with Crippen molar-refractivity contribution in [2.75, 3.05) is 19.7 Å². The van der Waals surface area contributed by atoms with Crippen LogP contribution in [0.5, 0.6) is 0 Å². The predicted octanol–water partition coefficient (Wildman–Crippen LogP) is 2.43. The highest BCUT2D eigenvalue weighted by atomic mass is 16.5. The van der Waals surface area contributed by atoms with Gasteiger partial charge in [0.25, 0.3) is 0 Å². The SMILES string of the molecule is CCNCCc1c(CC(=O)OCC)[nH]c2ccccc12. The number of benzene rings is 1. The van der Waals surface area contributed by atoms with Gasteiger partial charge in [-0.3, -0.25) is 4.79 Å². The number of carbonyl (C=O) groups is 1. The molecule has 0 fully saturated rings. The Kier molecular flexibility index (Phi) is 5.18. The molecule has 0 atom stereocenters. The van der Waals surface area contributed by atoms with Gasteiger partial charge in [-0.15, -0.1) is 0 Å².